The zero-order valence-corrected chi connectivity index (χ0v) is 9.80. The third-order valence-electron chi connectivity index (χ3n) is 2.63. The van der Waals surface area contributed by atoms with Crippen LogP contribution in [0, 0.1) is 0 Å². The molecule has 1 amide bonds. The van der Waals surface area contributed by atoms with Gasteiger partial charge in [0.2, 0.25) is 5.91 Å². The predicted octanol–water partition coefficient (Wildman–Crippen LogP) is -0.194. The van der Waals surface area contributed by atoms with E-state index in [-0.39, 0.29) is 6.54 Å². The highest BCUT2D eigenvalue weighted by Crippen LogP contribution is 2.14. The number of aromatic nitrogens is 1. The van der Waals surface area contributed by atoms with E-state index >= 15 is 0 Å². The van der Waals surface area contributed by atoms with Crippen LogP contribution in [0.5, 0.6) is 0 Å². The number of hydrogen-bond acceptors (Lipinski definition) is 5. The van der Waals surface area contributed by atoms with Crippen molar-refractivity contribution in [3.05, 3.63) is 30.2 Å². The van der Waals surface area contributed by atoms with Crippen LogP contribution in [0.3, 0.4) is 0 Å². The van der Waals surface area contributed by atoms with Crippen molar-refractivity contribution in [3.63, 3.8) is 0 Å². The molecule has 0 saturated heterocycles. The van der Waals surface area contributed by atoms with E-state index in [9.17, 15) is 9.90 Å². The van der Waals surface area contributed by atoms with Crippen LogP contribution in [0.1, 0.15) is 5.56 Å². The fourth-order valence-electron chi connectivity index (χ4n) is 1.61. The van der Waals surface area contributed by atoms with E-state index in [0.717, 1.165) is 16.7 Å². The fraction of sp³-hybridized carbons (Fsp3) is 0.333. The van der Waals surface area contributed by atoms with Gasteiger partial charge in [0.15, 0.2) is 12.0 Å². The molecule has 96 valence electrons. The normalized spacial score (nSPS) is 12.6. The van der Waals surface area contributed by atoms with E-state index in [4.69, 9.17) is 10.2 Å². The molecule has 0 fully saturated rings. The monoisotopic (exact) mass is 249 g/mol. The number of carbonyl (C=O) groups is 1. The summed E-state index contributed by atoms with van der Waals surface area (Å²) in [7, 11) is 0. The lowest BCUT2D eigenvalue weighted by Crippen LogP contribution is -2.39. The molecular formula is C12H15N3O3. The van der Waals surface area contributed by atoms with Gasteiger partial charge in [-0.2, -0.15) is 0 Å². The summed E-state index contributed by atoms with van der Waals surface area (Å²) in [5.74, 6) is -0.446. The number of oxazole rings is 1. The molecule has 0 spiro atoms. The first kappa shape index (κ1) is 12.5. The van der Waals surface area contributed by atoms with E-state index < -0.39 is 12.0 Å². The molecule has 2 rings (SSSR count). The van der Waals surface area contributed by atoms with Crippen molar-refractivity contribution in [1.82, 2.24) is 10.3 Å². The second-order valence-electron chi connectivity index (χ2n) is 3.95. The largest absolute Gasteiger partial charge is 0.443 e. The van der Waals surface area contributed by atoms with Crippen LogP contribution in [-0.4, -0.2) is 35.2 Å². The maximum absolute atomic E-state index is 11.3. The van der Waals surface area contributed by atoms with E-state index in [2.05, 4.69) is 10.3 Å². The molecule has 18 heavy (non-hydrogen) atoms. The Morgan fingerprint density at radius 3 is 3.17 bits per heavy atom. The number of fused-ring (bicyclic) bond motifs is 1. The minimum Gasteiger partial charge on any atom is -0.443 e. The van der Waals surface area contributed by atoms with Crippen molar-refractivity contribution in [3.8, 4) is 0 Å². The van der Waals surface area contributed by atoms with Crippen LogP contribution >= 0.6 is 0 Å². The first-order chi connectivity index (χ1) is 8.70. The van der Waals surface area contributed by atoms with Gasteiger partial charge in [0.25, 0.3) is 0 Å². The number of nitrogens with one attached hydrogen (secondary N) is 1. The highest BCUT2D eigenvalue weighted by Gasteiger charge is 2.11. The highest BCUT2D eigenvalue weighted by atomic mass is 16.3. The minimum absolute atomic E-state index is 0.0736. The quantitative estimate of drug-likeness (QED) is 0.681. The number of benzene rings is 1. The molecule has 0 radical (unpaired) electrons. The summed E-state index contributed by atoms with van der Waals surface area (Å²) in [6, 6.07) is 5.68. The number of carbonyl (C=O) groups excluding carboxylic acids is 1. The predicted molar refractivity (Wildman–Crippen MR) is 65.8 cm³/mol. The van der Waals surface area contributed by atoms with Crippen molar-refractivity contribution in [2.24, 2.45) is 5.73 Å². The van der Waals surface area contributed by atoms with Crippen molar-refractivity contribution in [1.29, 1.82) is 0 Å². The molecule has 4 N–H and O–H groups in total. The second kappa shape index (κ2) is 5.61. The lowest BCUT2D eigenvalue weighted by Gasteiger charge is -2.08. The molecule has 1 unspecified atom stereocenters. The van der Waals surface area contributed by atoms with Gasteiger partial charge in [-0.3, -0.25) is 4.79 Å². The number of aliphatic hydroxyl groups excluding tert-OH is 1. The number of rotatable bonds is 5. The highest BCUT2D eigenvalue weighted by molar-refractivity contribution is 5.80. The minimum atomic E-state index is -1.14. The second-order valence-corrected chi connectivity index (χ2v) is 3.95. The van der Waals surface area contributed by atoms with Crippen molar-refractivity contribution in [2.75, 3.05) is 13.1 Å². The van der Waals surface area contributed by atoms with Crippen LogP contribution in [0.25, 0.3) is 11.1 Å². The lowest BCUT2D eigenvalue weighted by atomic mass is 10.1. The van der Waals surface area contributed by atoms with Gasteiger partial charge >= 0.3 is 0 Å². The Hall–Kier alpha value is -1.92. The van der Waals surface area contributed by atoms with Crippen LogP contribution < -0.4 is 11.1 Å². The van der Waals surface area contributed by atoms with Gasteiger partial charge in [-0.05, 0) is 24.1 Å². The summed E-state index contributed by atoms with van der Waals surface area (Å²) in [5, 5.41) is 11.8. The van der Waals surface area contributed by atoms with E-state index in [1.807, 2.05) is 18.2 Å². The molecule has 1 aromatic heterocycles. The van der Waals surface area contributed by atoms with Crippen molar-refractivity contribution < 1.29 is 14.3 Å². The summed E-state index contributed by atoms with van der Waals surface area (Å²) in [4.78, 5) is 15.3. The van der Waals surface area contributed by atoms with Gasteiger partial charge in [0.1, 0.15) is 11.6 Å². The molecule has 6 heteroatoms. The third kappa shape index (κ3) is 2.85. The zero-order valence-electron chi connectivity index (χ0n) is 9.80. The summed E-state index contributed by atoms with van der Waals surface area (Å²) < 4.78 is 5.19. The average Bonchev–Trinajstić information content (AvgIpc) is 2.85. The molecule has 1 atom stereocenters. The molecule has 6 nitrogen and oxygen atoms in total. The molecule has 0 bridgehead atoms. The Labute approximate surface area is 104 Å². The average molecular weight is 249 g/mol. The number of aliphatic hydroxyl groups is 1. The van der Waals surface area contributed by atoms with Crippen LogP contribution in [0.2, 0.25) is 0 Å². The molecule has 2 aromatic rings. The topological polar surface area (TPSA) is 101 Å². The number of hydrogen-bond donors (Lipinski definition) is 3. The van der Waals surface area contributed by atoms with Crippen molar-refractivity contribution >= 4 is 17.0 Å². The molecule has 0 saturated carbocycles. The first-order valence-corrected chi connectivity index (χ1v) is 5.68. The number of nitrogens with two attached hydrogens (primary N) is 1. The third-order valence-corrected chi connectivity index (χ3v) is 2.63. The summed E-state index contributed by atoms with van der Waals surface area (Å²) >= 11 is 0. The van der Waals surface area contributed by atoms with Crippen molar-refractivity contribution in [2.45, 2.75) is 12.5 Å². The van der Waals surface area contributed by atoms with Gasteiger partial charge in [-0.1, -0.05) is 6.07 Å². The number of nitrogens with zero attached hydrogens (tertiary/aromatic N) is 1. The molecular weight excluding hydrogens is 234 g/mol. The van der Waals surface area contributed by atoms with Gasteiger partial charge in [-0.25, -0.2) is 4.98 Å². The standard InChI is InChI=1S/C12H15N3O3/c13-6-10(16)12(17)14-4-3-8-1-2-9-11(5-8)18-7-15-9/h1-2,5,7,10,16H,3-4,6,13H2,(H,14,17). The number of amides is 1. The summed E-state index contributed by atoms with van der Waals surface area (Å²) in [6.45, 7) is 0.366. The molecule has 1 aromatic carbocycles. The molecule has 1 heterocycles. The maximum atomic E-state index is 11.3. The zero-order chi connectivity index (χ0) is 13.0. The Morgan fingerprint density at radius 2 is 2.39 bits per heavy atom. The molecule has 0 aliphatic heterocycles. The molecule has 0 aliphatic rings. The van der Waals surface area contributed by atoms with E-state index in [0.29, 0.717) is 13.0 Å². The Morgan fingerprint density at radius 1 is 1.56 bits per heavy atom. The first-order valence-electron chi connectivity index (χ1n) is 5.68. The van der Waals surface area contributed by atoms with E-state index in [1.165, 1.54) is 6.39 Å². The Balaban J connectivity index is 1.88. The fourth-order valence-corrected chi connectivity index (χ4v) is 1.61. The Bertz CT molecular complexity index is 538. The van der Waals surface area contributed by atoms with E-state index in [1.54, 1.807) is 0 Å². The van der Waals surface area contributed by atoms with Gasteiger partial charge in [0.05, 0.1) is 0 Å². The SMILES string of the molecule is NCC(O)C(=O)NCCc1ccc2ncoc2c1. The maximum Gasteiger partial charge on any atom is 0.250 e. The van der Waals surface area contributed by atoms with Gasteiger partial charge < -0.3 is 20.6 Å². The summed E-state index contributed by atoms with van der Waals surface area (Å²) in [6.07, 6.45) is 0.912. The van der Waals surface area contributed by atoms with Gasteiger partial charge in [-0.15, -0.1) is 0 Å². The van der Waals surface area contributed by atoms with Crippen LogP contribution in [0.15, 0.2) is 29.0 Å². The van der Waals surface area contributed by atoms with Crippen LogP contribution in [-0.2, 0) is 11.2 Å². The smallest absolute Gasteiger partial charge is 0.250 e. The Kier molecular flexibility index (Phi) is 3.91. The lowest BCUT2D eigenvalue weighted by molar-refractivity contribution is -0.128. The summed E-state index contributed by atoms with van der Waals surface area (Å²) in [5.41, 5.74) is 7.74. The molecule has 0 aliphatic carbocycles. The van der Waals surface area contributed by atoms with Crippen LogP contribution in [0.4, 0.5) is 0 Å². The van der Waals surface area contributed by atoms with Gasteiger partial charge in [0, 0.05) is 13.1 Å².